The van der Waals surface area contributed by atoms with Gasteiger partial charge in [-0.25, -0.2) is 0 Å². The minimum Gasteiger partial charge on any atom is -0.391 e. The molecule has 1 saturated heterocycles. The molecule has 122 valence electrons. The summed E-state index contributed by atoms with van der Waals surface area (Å²) in [6, 6.07) is 0. The van der Waals surface area contributed by atoms with Gasteiger partial charge in [0.25, 0.3) is 0 Å². The van der Waals surface area contributed by atoms with Crippen molar-refractivity contribution >= 4 is 11.8 Å². The van der Waals surface area contributed by atoms with E-state index in [2.05, 4.69) is 0 Å². The Bertz CT molecular complexity index is 355. The van der Waals surface area contributed by atoms with E-state index < -0.39 is 23.8 Å². The molecule has 1 rings (SSSR count). The maximum Gasteiger partial charge on any atom is 0.228 e. The number of aliphatic hydroxyl groups is 1. The zero-order valence-corrected chi connectivity index (χ0v) is 12.9. The van der Waals surface area contributed by atoms with Crippen LogP contribution in [0.5, 0.6) is 0 Å². The van der Waals surface area contributed by atoms with Crippen LogP contribution in [0.3, 0.4) is 0 Å². The molecular weight excluding hydrogens is 276 g/mol. The molecule has 0 radical (unpaired) electrons. The molecule has 3 atom stereocenters. The number of primary amides is 1. The number of carbonyl (C=O) groups is 2. The summed E-state index contributed by atoms with van der Waals surface area (Å²) in [5.41, 5.74) is 5.17. The van der Waals surface area contributed by atoms with Crippen LogP contribution >= 0.6 is 0 Å². The van der Waals surface area contributed by atoms with Gasteiger partial charge in [-0.05, 0) is 12.8 Å². The number of nitrogens with two attached hydrogens (primary N) is 1. The van der Waals surface area contributed by atoms with Crippen LogP contribution in [0, 0.1) is 11.8 Å². The lowest BCUT2D eigenvalue weighted by Crippen LogP contribution is -2.47. The number of carbonyl (C=O) groups excluding carboxylic acids is 2. The lowest BCUT2D eigenvalue weighted by Gasteiger charge is -2.34. The first kappa shape index (κ1) is 17.9. The maximum atomic E-state index is 12.3. The molecule has 7 heteroatoms. The molecule has 0 spiro atoms. The number of ether oxygens (including phenoxy) is 2. The third-order valence-corrected chi connectivity index (χ3v) is 4.04. The largest absolute Gasteiger partial charge is 0.391 e. The van der Waals surface area contributed by atoms with Crippen molar-refractivity contribution in [3.8, 4) is 0 Å². The van der Waals surface area contributed by atoms with E-state index in [1.807, 2.05) is 0 Å². The fourth-order valence-electron chi connectivity index (χ4n) is 2.44. The van der Waals surface area contributed by atoms with Gasteiger partial charge in [0.2, 0.25) is 11.8 Å². The van der Waals surface area contributed by atoms with E-state index >= 15 is 0 Å². The van der Waals surface area contributed by atoms with E-state index in [0.29, 0.717) is 13.1 Å². The van der Waals surface area contributed by atoms with E-state index in [1.54, 1.807) is 18.9 Å². The highest BCUT2D eigenvalue weighted by Crippen LogP contribution is 2.20. The number of rotatable bonds is 7. The predicted molar refractivity (Wildman–Crippen MR) is 76.1 cm³/mol. The average Bonchev–Trinajstić information content (AvgIpc) is 2.50. The van der Waals surface area contributed by atoms with Crippen molar-refractivity contribution in [2.45, 2.75) is 38.9 Å². The molecule has 2 amide bonds. The Kier molecular flexibility index (Phi) is 7.07. The van der Waals surface area contributed by atoms with E-state index in [1.165, 1.54) is 6.92 Å². The highest BCUT2D eigenvalue weighted by molar-refractivity contribution is 5.82. The molecule has 0 bridgehead atoms. The zero-order chi connectivity index (χ0) is 16.0. The van der Waals surface area contributed by atoms with Crippen molar-refractivity contribution in [1.82, 2.24) is 4.90 Å². The normalized spacial score (nSPS) is 20.9. The fourth-order valence-corrected chi connectivity index (χ4v) is 2.44. The average molecular weight is 302 g/mol. The van der Waals surface area contributed by atoms with Gasteiger partial charge in [-0.3, -0.25) is 9.59 Å². The summed E-state index contributed by atoms with van der Waals surface area (Å²) in [6.45, 7) is 4.57. The van der Waals surface area contributed by atoms with E-state index in [0.717, 1.165) is 12.8 Å². The lowest BCUT2D eigenvalue weighted by atomic mass is 9.91. The minimum absolute atomic E-state index is 0.0961. The van der Waals surface area contributed by atoms with Crippen molar-refractivity contribution in [2.24, 2.45) is 17.6 Å². The molecule has 0 aromatic carbocycles. The van der Waals surface area contributed by atoms with Gasteiger partial charge in [0.15, 0.2) is 0 Å². The quantitative estimate of drug-likeness (QED) is 0.630. The number of aliphatic hydroxyl groups excluding tert-OH is 1. The second kappa shape index (κ2) is 8.31. The van der Waals surface area contributed by atoms with Crippen molar-refractivity contribution in [3.05, 3.63) is 0 Å². The number of hydrogen-bond acceptors (Lipinski definition) is 5. The second-order valence-electron chi connectivity index (χ2n) is 5.57. The van der Waals surface area contributed by atoms with Gasteiger partial charge >= 0.3 is 0 Å². The molecule has 0 aromatic rings. The van der Waals surface area contributed by atoms with Gasteiger partial charge in [-0.2, -0.15) is 0 Å². The summed E-state index contributed by atoms with van der Waals surface area (Å²) >= 11 is 0. The van der Waals surface area contributed by atoms with Crippen molar-refractivity contribution in [2.75, 3.05) is 27.0 Å². The van der Waals surface area contributed by atoms with Crippen LogP contribution in [0.4, 0.5) is 0 Å². The van der Waals surface area contributed by atoms with Gasteiger partial charge in [0.1, 0.15) is 6.79 Å². The molecule has 1 aliphatic heterocycles. The lowest BCUT2D eigenvalue weighted by molar-refractivity contribution is -0.145. The molecule has 0 unspecified atom stereocenters. The summed E-state index contributed by atoms with van der Waals surface area (Å²) in [6.07, 6.45) is 0.517. The molecule has 21 heavy (non-hydrogen) atoms. The Balaban J connectivity index is 2.47. The highest BCUT2D eigenvalue weighted by atomic mass is 16.7. The summed E-state index contributed by atoms with van der Waals surface area (Å²) in [7, 11) is 1.57. The first-order valence-electron chi connectivity index (χ1n) is 7.25. The number of nitrogens with zero attached hydrogens (tertiary/aromatic N) is 1. The predicted octanol–water partition coefficient (Wildman–Crippen LogP) is -0.284. The smallest absolute Gasteiger partial charge is 0.228 e. The van der Waals surface area contributed by atoms with Gasteiger partial charge in [-0.1, -0.05) is 13.8 Å². The van der Waals surface area contributed by atoms with Crippen LogP contribution in [0.1, 0.15) is 26.7 Å². The molecule has 0 saturated carbocycles. The van der Waals surface area contributed by atoms with Crippen molar-refractivity contribution in [1.29, 1.82) is 0 Å². The summed E-state index contributed by atoms with van der Waals surface area (Å²) < 4.78 is 10.3. The fraction of sp³-hybridized carbons (Fsp3) is 0.857. The van der Waals surface area contributed by atoms with E-state index in [9.17, 15) is 14.7 Å². The molecule has 7 nitrogen and oxygen atoms in total. The topological polar surface area (TPSA) is 102 Å². The summed E-state index contributed by atoms with van der Waals surface area (Å²) in [4.78, 5) is 25.1. The van der Waals surface area contributed by atoms with Crippen molar-refractivity contribution in [3.63, 3.8) is 0 Å². The van der Waals surface area contributed by atoms with Crippen LogP contribution in [-0.4, -0.2) is 61.0 Å². The van der Waals surface area contributed by atoms with Gasteiger partial charge in [0, 0.05) is 20.2 Å². The van der Waals surface area contributed by atoms with Gasteiger partial charge < -0.3 is 25.2 Å². The number of methoxy groups -OCH3 is 1. The number of likely N-dealkylation sites (tertiary alicyclic amines) is 1. The third kappa shape index (κ3) is 4.94. The monoisotopic (exact) mass is 302 g/mol. The van der Waals surface area contributed by atoms with Crippen LogP contribution in [0.2, 0.25) is 0 Å². The molecule has 0 aromatic heterocycles. The number of amides is 2. The van der Waals surface area contributed by atoms with E-state index in [-0.39, 0.29) is 18.8 Å². The Morgan fingerprint density at radius 1 is 1.29 bits per heavy atom. The summed E-state index contributed by atoms with van der Waals surface area (Å²) in [5, 5.41) is 10.0. The first-order chi connectivity index (χ1) is 9.88. The molecule has 1 heterocycles. The Labute approximate surface area is 125 Å². The van der Waals surface area contributed by atoms with Crippen LogP contribution in [0.25, 0.3) is 0 Å². The van der Waals surface area contributed by atoms with Gasteiger partial charge in [0.05, 0.1) is 24.0 Å². The summed E-state index contributed by atoms with van der Waals surface area (Å²) in [5.74, 6) is -2.15. The number of piperidine rings is 1. The first-order valence-corrected chi connectivity index (χ1v) is 7.25. The SMILES string of the molecule is COCOC1CCN(C(=O)[C@H](C)[C@H](O)[C@@H](C)C(N)=O)CC1. The van der Waals surface area contributed by atoms with Gasteiger partial charge in [-0.15, -0.1) is 0 Å². The highest BCUT2D eigenvalue weighted by Gasteiger charge is 2.33. The molecule has 3 N–H and O–H groups in total. The van der Waals surface area contributed by atoms with Crippen LogP contribution in [-0.2, 0) is 19.1 Å². The Hall–Kier alpha value is -1.18. The Morgan fingerprint density at radius 2 is 1.86 bits per heavy atom. The third-order valence-electron chi connectivity index (χ3n) is 4.04. The second-order valence-corrected chi connectivity index (χ2v) is 5.57. The minimum atomic E-state index is -1.06. The number of hydrogen-bond donors (Lipinski definition) is 2. The van der Waals surface area contributed by atoms with Crippen LogP contribution < -0.4 is 5.73 Å². The maximum absolute atomic E-state index is 12.3. The molecular formula is C14H26N2O5. The van der Waals surface area contributed by atoms with E-state index in [4.69, 9.17) is 15.2 Å². The standard InChI is InChI=1S/C14H26N2O5/c1-9(13(15)18)12(17)10(2)14(19)16-6-4-11(5-7-16)21-8-20-3/h9-12,17H,4-8H2,1-3H3,(H2,15,18)/t9-,10-,12-/m1/s1. The Morgan fingerprint density at radius 3 is 2.33 bits per heavy atom. The molecule has 0 aliphatic carbocycles. The van der Waals surface area contributed by atoms with Crippen molar-refractivity contribution < 1.29 is 24.2 Å². The van der Waals surface area contributed by atoms with Crippen LogP contribution in [0.15, 0.2) is 0 Å². The molecule has 1 fully saturated rings. The zero-order valence-electron chi connectivity index (χ0n) is 12.9. The molecule has 1 aliphatic rings.